The van der Waals surface area contributed by atoms with Crippen LogP contribution in [-0.4, -0.2) is 23.2 Å². The highest BCUT2D eigenvalue weighted by atomic mass is 16.3. The van der Waals surface area contributed by atoms with Crippen molar-refractivity contribution in [2.24, 2.45) is 0 Å². The van der Waals surface area contributed by atoms with Crippen LogP contribution >= 0.6 is 0 Å². The highest BCUT2D eigenvalue weighted by Crippen LogP contribution is 2.27. The molecule has 0 aliphatic rings. The van der Waals surface area contributed by atoms with Gasteiger partial charge in [0.25, 0.3) is 0 Å². The third-order valence-corrected chi connectivity index (χ3v) is 2.95. The van der Waals surface area contributed by atoms with Crippen LogP contribution in [0, 0.1) is 0 Å². The van der Waals surface area contributed by atoms with Crippen LogP contribution in [0.25, 0.3) is 21.8 Å². The summed E-state index contributed by atoms with van der Waals surface area (Å²) in [4.78, 5) is 3.39. The van der Waals surface area contributed by atoms with Gasteiger partial charge < -0.3 is 15.4 Å². The zero-order valence-electron chi connectivity index (χ0n) is 9.40. The van der Waals surface area contributed by atoms with Gasteiger partial charge in [0.1, 0.15) is 0 Å². The monoisotopic (exact) mass is 226 g/mol. The van der Waals surface area contributed by atoms with Gasteiger partial charge in [-0.15, -0.1) is 0 Å². The predicted octanol–water partition coefficient (Wildman–Crippen LogP) is 2.73. The summed E-state index contributed by atoms with van der Waals surface area (Å²) >= 11 is 0. The molecule has 86 valence electrons. The maximum absolute atomic E-state index is 8.78. The molecule has 0 bridgehead atoms. The lowest BCUT2D eigenvalue weighted by atomic mass is 10.1. The van der Waals surface area contributed by atoms with Crippen LogP contribution < -0.4 is 5.32 Å². The van der Waals surface area contributed by atoms with E-state index < -0.39 is 0 Å². The van der Waals surface area contributed by atoms with E-state index in [1.807, 2.05) is 18.2 Å². The minimum absolute atomic E-state index is 0.144. The molecule has 0 atom stereocenters. The quantitative estimate of drug-likeness (QED) is 0.643. The van der Waals surface area contributed by atoms with E-state index >= 15 is 0 Å². The third kappa shape index (κ3) is 1.74. The molecule has 1 aromatic heterocycles. The summed E-state index contributed by atoms with van der Waals surface area (Å²) in [6, 6.07) is 14.5. The number of aliphatic hydroxyl groups excluding tert-OH is 1. The summed E-state index contributed by atoms with van der Waals surface area (Å²) in [5.41, 5.74) is 3.30. The van der Waals surface area contributed by atoms with Crippen LogP contribution in [0.15, 0.2) is 42.5 Å². The first kappa shape index (κ1) is 10.2. The average molecular weight is 226 g/mol. The van der Waals surface area contributed by atoms with E-state index in [1.165, 1.54) is 10.8 Å². The molecule has 3 nitrogen and oxygen atoms in total. The molecule has 0 saturated heterocycles. The van der Waals surface area contributed by atoms with Crippen LogP contribution in [0.3, 0.4) is 0 Å². The molecule has 17 heavy (non-hydrogen) atoms. The number of anilines is 1. The van der Waals surface area contributed by atoms with Gasteiger partial charge in [0.15, 0.2) is 0 Å². The van der Waals surface area contributed by atoms with Gasteiger partial charge in [0.2, 0.25) is 0 Å². The second-order valence-corrected chi connectivity index (χ2v) is 4.08. The number of H-pyrrole nitrogens is 1. The number of para-hydroxylation sites is 1. The first-order chi connectivity index (χ1) is 8.38. The molecule has 3 rings (SSSR count). The molecular formula is C14H14N2O. The highest BCUT2D eigenvalue weighted by Gasteiger charge is 2.03. The number of aromatic amines is 1. The van der Waals surface area contributed by atoms with Crippen LogP contribution in [0.4, 0.5) is 5.69 Å². The Labute approximate surface area is 99.1 Å². The van der Waals surface area contributed by atoms with E-state index in [4.69, 9.17) is 5.11 Å². The number of fused-ring (bicyclic) bond motifs is 3. The topological polar surface area (TPSA) is 48.0 Å². The molecule has 0 unspecified atom stereocenters. The van der Waals surface area contributed by atoms with Gasteiger partial charge in [0, 0.05) is 34.0 Å². The number of benzene rings is 2. The van der Waals surface area contributed by atoms with Gasteiger partial charge in [-0.05, 0) is 18.2 Å². The molecule has 1 heterocycles. The fourth-order valence-corrected chi connectivity index (χ4v) is 2.16. The standard InChI is InChI=1S/C14H14N2O/c17-8-7-15-10-5-6-12-11-3-1-2-4-13(11)16-14(12)9-10/h1-6,9,15-17H,7-8H2. The average Bonchev–Trinajstić information content (AvgIpc) is 2.74. The normalized spacial score (nSPS) is 11.1. The van der Waals surface area contributed by atoms with E-state index in [0.717, 1.165) is 16.7 Å². The van der Waals surface area contributed by atoms with Gasteiger partial charge in [-0.3, -0.25) is 0 Å². The van der Waals surface area contributed by atoms with E-state index in [0.29, 0.717) is 6.54 Å². The number of nitrogens with one attached hydrogen (secondary N) is 2. The van der Waals surface area contributed by atoms with Crippen molar-refractivity contribution in [2.75, 3.05) is 18.5 Å². The molecule has 0 aliphatic heterocycles. The first-order valence-electron chi connectivity index (χ1n) is 5.74. The van der Waals surface area contributed by atoms with Crippen LogP contribution in [0.5, 0.6) is 0 Å². The van der Waals surface area contributed by atoms with Gasteiger partial charge in [0.05, 0.1) is 6.61 Å². The number of aromatic nitrogens is 1. The van der Waals surface area contributed by atoms with Crippen LogP contribution in [0.1, 0.15) is 0 Å². The Hall–Kier alpha value is -2.00. The number of rotatable bonds is 3. The van der Waals surface area contributed by atoms with Crippen LogP contribution in [-0.2, 0) is 0 Å². The van der Waals surface area contributed by atoms with Gasteiger partial charge in [-0.25, -0.2) is 0 Å². The van der Waals surface area contributed by atoms with Crippen molar-refractivity contribution in [1.29, 1.82) is 0 Å². The van der Waals surface area contributed by atoms with E-state index in [1.54, 1.807) is 0 Å². The first-order valence-corrected chi connectivity index (χ1v) is 5.74. The van der Waals surface area contributed by atoms with Crippen molar-refractivity contribution in [2.45, 2.75) is 0 Å². The summed E-state index contributed by atoms with van der Waals surface area (Å²) in [5, 5.41) is 14.4. The Kier molecular flexibility index (Phi) is 2.46. The lowest BCUT2D eigenvalue weighted by molar-refractivity contribution is 0.311. The molecule has 3 heteroatoms. The summed E-state index contributed by atoms with van der Waals surface area (Å²) < 4.78 is 0. The minimum atomic E-state index is 0.144. The fraction of sp³-hybridized carbons (Fsp3) is 0.143. The largest absolute Gasteiger partial charge is 0.395 e. The summed E-state index contributed by atoms with van der Waals surface area (Å²) in [5.74, 6) is 0. The molecule has 2 aromatic carbocycles. The SMILES string of the molecule is OCCNc1ccc2c(c1)[nH]c1ccccc12. The molecule has 0 aliphatic carbocycles. The van der Waals surface area contributed by atoms with E-state index in [2.05, 4.69) is 34.6 Å². The van der Waals surface area contributed by atoms with Crippen LogP contribution in [0.2, 0.25) is 0 Å². The lowest BCUT2D eigenvalue weighted by Gasteiger charge is -2.03. The van der Waals surface area contributed by atoms with Crippen molar-refractivity contribution in [1.82, 2.24) is 4.98 Å². The fourth-order valence-electron chi connectivity index (χ4n) is 2.16. The Bertz CT molecular complexity index is 657. The zero-order valence-corrected chi connectivity index (χ0v) is 9.40. The maximum atomic E-state index is 8.78. The van der Waals surface area contributed by atoms with E-state index in [9.17, 15) is 0 Å². The molecule has 3 N–H and O–H groups in total. The van der Waals surface area contributed by atoms with E-state index in [-0.39, 0.29) is 6.61 Å². The molecule has 0 spiro atoms. The molecule has 0 fully saturated rings. The van der Waals surface area contributed by atoms with Gasteiger partial charge in [-0.1, -0.05) is 24.3 Å². The Morgan fingerprint density at radius 2 is 1.82 bits per heavy atom. The molecule has 3 aromatic rings. The van der Waals surface area contributed by atoms with Crippen molar-refractivity contribution >= 4 is 27.5 Å². The smallest absolute Gasteiger partial charge is 0.0604 e. The number of aliphatic hydroxyl groups is 1. The highest BCUT2D eigenvalue weighted by molar-refractivity contribution is 6.07. The summed E-state index contributed by atoms with van der Waals surface area (Å²) in [6.45, 7) is 0.719. The summed E-state index contributed by atoms with van der Waals surface area (Å²) in [7, 11) is 0. The number of hydrogen-bond acceptors (Lipinski definition) is 2. The third-order valence-electron chi connectivity index (χ3n) is 2.95. The Morgan fingerprint density at radius 3 is 2.71 bits per heavy atom. The maximum Gasteiger partial charge on any atom is 0.0604 e. The van der Waals surface area contributed by atoms with Crippen molar-refractivity contribution in [3.05, 3.63) is 42.5 Å². The second-order valence-electron chi connectivity index (χ2n) is 4.08. The minimum Gasteiger partial charge on any atom is -0.395 e. The summed E-state index contributed by atoms with van der Waals surface area (Å²) in [6.07, 6.45) is 0. The molecule has 0 amide bonds. The second kappa shape index (κ2) is 4.11. The zero-order chi connectivity index (χ0) is 11.7. The molecular weight excluding hydrogens is 212 g/mol. The molecule has 0 radical (unpaired) electrons. The number of hydrogen-bond donors (Lipinski definition) is 3. The Morgan fingerprint density at radius 1 is 1.00 bits per heavy atom. The van der Waals surface area contributed by atoms with Gasteiger partial charge in [-0.2, -0.15) is 0 Å². The predicted molar refractivity (Wildman–Crippen MR) is 71.4 cm³/mol. The van der Waals surface area contributed by atoms with Crippen molar-refractivity contribution in [3.63, 3.8) is 0 Å². The van der Waals surface area contributed by atoms with Crippen molar-refractivity contribution in [3.8, 4) is 0 Å². The Balaban J connectivity index is 2.13. The lowest BCUT2D eigenvalue weighted by Crippen LogP contribution is -2.04. The van der Waals surface area contributed by atoms with Crippen molar-refractivity contribution < 1.29 is 5.11 Å². The molecule has 0 saturated carbocycles. The van der Waals surface area contributed by atoms with Gasteiger partial charge >= 0.3 is 0 Å².